The molecule has 6 nitrogen and oxygen atoms in total. The van der Waals surface area contributed by atoms with Crippen molar-refractivity contribution >= 4 is 5.91 Å². The Hall–Kier alpha value is -0.690. The van der Waals surface area contributed by atoms with Crippen molar-refractivity contribution < 1.29 is 19.4 Å². The Bertz CT molecular complexity index is 429. The van der Waals surface area contributed by atoms with Crippen LogP contribution in [0.5, 0.6) is 0 Å². The molecule has 1 spiro atoms. The van der Waals surface area contributed by atoms with E-state index in [1.807, 2.05) is 19.0 Å². The highest BCUT2D eigenvalue weighted by Crippen LogP contribution is 2.51. The Balaban J connectivity index is 1.50. The number of piperidine rings is 1. The highest BCUT2D eigenvalue weighted by atomic mass is 16.5. The number of nitrogens with zero attached hydrogens (tertiary/aromatic N) is 2. The van der Waals surface area contributed by atoms with Crippen LogP contribution in [-0.2, 0) is 14.3 Å². The zero-order valence-electron chi connectivity index (χ0n) is 15.1. The van der Waals surface area contributed by atoms with Crippen LogP contribution < -0.4 is 0 Å². The van der Waals surface area contributed by atoms with E-state index in [-0.39, 0.29) is 29.4 Å². The first-order chi connectivity index (χ1) is 11.5. The van der Waals surface area contributed by atoms with Crippen molar-refractivity contribution in [1.82, 2.24) is 9.80 Å². The van der Waals surface area contributed by atoms with Crippen LogP contribution in [0.2, 0.25) is 0 Å². The number of rotatable bonds is 5. The lowest BCUT2D eigenvalue weighted by Gasteiger charge is -2.56. The summed E-state index contributed by atoms with van der Waals surface area (Å²) < 4.78 is 11.4. The average molecular weight is 340 g/mol. The fourth-order valence-corrected chi connectivity index (χ4v) is 4.34. The summed E-state index contributed by atoms with van der Waals surface area (Å²) in [4.78, 5) is 16.8. The lowest BCUT2D eigenvalue weighted by atomic mass is 9.58. The van der Waals surface area contributed by atoms with Gasteiger partial charge in [-0.05, 0) is 39.8 Å². The summed E-state index contributed by atoms with van der Waals surface area (Å²) in [6.45, 7) is 4.51. The molecule has 2 atom stereocenters. The molecule has 1 N–H and O–H groups in total. The normalized spacial score (nSPS) is 30.6. The van der Waals surface area contributed by atoms with Gasteiger partial charge >= 0.3 is 0 Å². The molecule has 3 fully saturated rings. The van der Waals surface area contributed by atoms with E-state index in [0.29, 0.717) is 19.8 Å². The molecule has 0 unspecified atom stereocenters. The maximum atomic E-state index is 12.7. The molecular weight excluding hydrogens is 308 g/mol. The maximum absolute atomic E-state index is 12.7. The number of hydrogen-bond donors (Lipinski definition) is 1. The lowest BCUT2D eigenvalue weighted by molar-refractivity contribution is -0.212. The lowest BCUT2D eigenvalue weighted by Crippen LogP contribution is -2.63. The Morgan fingerprint density at radius 3 is 2.54 bits per heavy atom. The van der Waals surface area contributed by atoms with Crippen LogP contribution in [0, 0.1) is 11.3 Å². The van der Waals surface area contributed by atoms with Crippen LogP contribution in [0.1, 0.15) is 32.1 Å². The number of aliphatic hydroxyl groups excluding tert-OH is 1. The summed E-state index contributed by atoms with van der Waals surface area (Å²) in [6, 6.07) is 0. The van der Waals surface area contributed by atoms with Gasteiger partial charge in [0.25, 0.3) is 0 Å². The predicted octanol–water partition coefficient (Wildman–Crippen LogP) is 0.733. The molecular formula is C18H32N2O4. The number of aliphatic hydroxyl groups is 1. The zero-order valence-corrected chi connectivity index (χ0v) is 15.1. The van der Waals surface area contributed by atoms with E-state index in [1.165, 1.54) is 0 Å². The maximum Gasteiger partial charge on any atom is 0.225 e. The molecule has 2 aliphatic heterocycles. The fourth-order valence-electron chi connectivity index (χ4n) is 4.34. The predicted molar refractivity (Wildman–Crippen MR) is 90.7 cm³/mol. The van der Waals surface area contributed by atoms with Gasteiger partial charge in [0.15, 0.2) is 0 Å². The molecule has 0 aromatic heterocycles. The molecule has 1 amide bonds. The number of hydrogen-bond acceptors (Lipinski definition) is 5. The van der Waals surface area contributed by atoms with E-state index >= 15 is 0 Å². The van der Waals surface area contributed by atoms with Gasteiger partial charge in [-0.15, -0.1) is 0 Å². The topological polar surface area (TPSA) is 62.2 Å². The minimum atomic E-state index is -0.276. The molecule has 1 saturated carbocycles. The SMILES string of the molecule is CN(C)CCO[C@H]1C[C@@H](O)C12CCN(C(=O)C1CCOCC1)CC2. The van der Waals surface area contributed by atoms with Crippen LogP contribution in [0.25, 0.3) is 0 Å². The van der Waals surface area contributed by atoms with Crippen molar-refractivity contribution in [3.8, 4) is 0 Å². The highest BCUT2D eigenvalue weighted by molar-refractivity contribution is 5.79. The van der Waals surface area contributed by atoms with Gasteiger partial charge in [-0.3, -0.25) is 4.79 Å². The van der Waals surface area contributed by atoms with E-state index in [0.717, 1.165) is 51.7 Å². The van der Waals surface area contributed by atoms with Crippen LogP contribution in [0.3, 0.4) is 0 Å². The van der Waals surface area contributed by atoms with Gasteiger partial charge in [0.05, 0.1) is 18.8 Å². The van der Waals surface area contributed by atoms with Crippen LogP contribution >= 0.6 is 0 Å². The largest absolute Gasteiger partial charge is 0.392 e. The zero-order chi connectivity index (χ0) is 17.2. The molecule has 0 aromatic carbocycles. The van der Waals surface area contributed by atoms with E-state index in [4.69, 9.17) is 9.47 Å². The van der Waals surface area contributed by atoms with Crippen molar-refractivity contribution in [3.05, 3.63) is 0 Å². The average Bonchev–Trinajstić information content (AvgIpc) is 2.61. The van der Waals surface area contributed by atoms with Gasteiger partial charge in [0.1, 0.15) is 0 Å². The molecule has 0 aromatic rings. The molecule has 138 valence electrons. The van der Waals surface area contributed by atoms with Crippen LogP contribution in [0.4, 0.5) is 0 Å². The molecule has 1 aliphatic carbocycles. The van der Waals surface area contributed by atoms with E-state index in [2.05, 4.69) is 4.90 Å². The highest BCUT2D eigenvalue weighted by Gasteiger charge is 2.56. The Morgan fingerprint density at radius 2 is 1.96 bits per heavy atom. The summed E-state index contributed by atoms with van der Waals surface area (Å²) in [5.74, 6) is 0.415. The van der Waals surface area contributed by atoms with E-state index in [9.17, 15) is 9.90 Å². The van der Waals surface area contributed by atoms with Gasteiger partial charge in [0.2, 0.25) is 5.91 Å². The van der Waals surface area contributed by atoms with Gasteiger partial charge in [-0.1, -0.05) is 0 Å². The van der Waals surface area contributed by atoms with E-state index in [1.54, 1.807) is 0 Å². The summed E-state index contributed by atoms with van der Waals surface area (Å²) >= 11 is 0. The third-order valence-electron chi connectivity index (χ3n) is 6.18. The minimum absolute atomic E-state index is 0.126. The number of likely N-dealkylation sites (N-methyl/N-ethyl adjacent to an activating group) is 1. The summed E-state index contributed by atoms with van der Waals surface area (Å²) in [6.07, 6.45) is 4.01. The van der Waals surface area contributed by atoms with Crippen molar-refractivity contribution in [1.29, 1.82) is 0 Å². The quantitative estimate of drug-likeness (QED) is 0.800. The third-order valence-corrected chi connectivity index (χ3v) is 6.18. The molecule has 24 heavy (non-hydrogen) atoms. The standard InChI is InChI=1S/C18H32N2O4/c1-19(2)9-12-24-16-13-15(21)18(16)5-7-20(8-6-18)17(22)14-3-10-23-11-4-14/h14-16,21H,3-13H2,1-2H3/t15-,16+/m1/s1. The van der Waals surface area contributed by atoms with Crippen LogP contribution in [-0.4, -0.2) is 86.6 Å². The molecule has 0 bridgehead atoms. The Labute approximate surface area is 145 Å². The molecule has 2 saturated heterocycles. The molecule has 2 heterocycles. The van der Waals surface area contributed by atoms with Gasteiger partial charge in [-0.2, -0.15) is 0 Å². The monoisotopic (exact) mass is 340 g/mol. The molecule has 3 rings (SSSR count). The van der Waals surface area contributed by atoms with Crippen LogP contribution in [0.15, 0.2) is 0 Å². The summed E-state index contributed by atoms with van der Waals surface area (Å²) in [5.41, 5.74) is -0.126. The number of ether oxygens (including phenoxy) is 2. The summed E-state index contributed by atoms with van der Waals surface area (Å²) in [5, 5.41) is 10.4. The van der Waals surface area contributed by atoms with Gasteiger partial charge in [0, 0.05) is 50.6 Å². The third kappa shape index (κ3) is 3.62. The second kappa shape index (κ2) is 7.68. The van der Waals surface area contributed by atoms with E-state index < -0.39 is 0 Å². The van der Waals surface area contributed by atoms with Crippen molar-refractivity contribution in [2.45, 2.75) is 44.3 Å². The first-order valence-electron chi connectivity index (χ1n) is 9.34. The number of carbonyl (C=O) groups is 1. The van der Waals surface area contributed by atoms with Crippen molar-refractivity contribution in [3.63, 3.8) is 0 Å². The molecule has 6 heteroatoms. The molecule has 3 aliphatic rings. The fraction of sp³-hybridized carbons (Fsp3) is 0.944. The van der Waals surface area contributed by atoms with Gasteiger partial charge in [-0.25, -0.2) is 0 Å². The smallest absolute Gasteiger partial charge is 0.225 e. The minimum Gasteiger partial charge on any atom is -0.392 e. The van der Waals surface area contributed by atoms with Crippen molar-refractivity contribution in [2.24, 2.45) is 11.3 Å². The second-order valence-corrected chi connectivity index (χ2v) is 7.86. The van der Waals surface area contributed by atoms with Crippen molar-refractivity contribution in [2.75, 3.05) is 53.6 Å². The number of carbonyl (C=O) groups excluding carboxylic acids is 1. The first-order valence-corrected chi connectivity index (χ1v) is 9.34. The second-order valence-electron chi connectivity index (χ2n) is 7.86. The number of likely N-dealkylation sites (tertiary alicyclic amines) is 1. The number of amides is 1. The summed E-state index contributed by atoms with van der Waals surface area (Å²) in [7, 11) is 4.07. The molecule has 0 radical (unpaired) electrons. The van der Waals surface area contributed by atoms with Gasteiger partial charge < -0.3 is 24.4 Å². The Morgan fingerprint density at radius 1 is 1.29 bits per heavy atom. The first kappa shape index (κ1) is 18.1. The Kier molecular flexibility index (Phi) is 5.80.